The Bertz CT molecular complexity index is 1200. The standard InChI is InChI=1S/C25H27ClFN5O2S/c1-17(2)32(25(34)29-21-9-4-3-8-20(21)27)15-23-28-22(16-35-23)24(33)31-12-10-30(11-13-31)19-7-5-6-18(26)14-19/h3-9,14,16-17H,10-13,15H2,1-2H3,(H,29,34). The number of benzene rings is 2. The summed E-state index contributed by atoms with van der Waals surface area (Å²) in [6.07, 6.45) is 0. The van der Waals surface area contributed by atoms with Gasteiger partial charge in [-0.3, -0.25) is 4.79 Å². The van der Waals surface area contributed by atoms with Gasteiger partial charge in [-0.1, -0.05) is 29.8 Å². The third kappa shape index (κ3) is 6.10. The average molecular weight is 516 g/mol. The van der Waals surface area contributed by atoms with E-state index < -0.39 is 11.8 Å². The van der Waals surface area contributed by atoms with Crippen LogP contribution in [0.5, 0.6) is 0 Å². The van der Waals surface area contributed by atoms with Crippen LogP contribution in [0.25, 0.3) is 0 Å². The predicted octanol–water partition coefficient (Wildman–Crippen LogP) is 5.34. The van der Waals surface area contributed by atoms with Gasteiger partial charge in [0.1, 0.15) is 16.5 Å². The van der Waals surface area contributed by atoms with Crippen LogP contribution in [-0.4, -0.2) is 58.9 Å². The topological polar surface area (TPSA) is 68.8 Å². The number of thiazole rings is 1. The second kappa shape index (κ2) is 11.0. The molecule has 2 aromatic carbocycles. The summed E-state index contributed by atoms with van der Waals surface area (Å²) in [6.45, 7) is 6.56. The van der Waals surface area contributed by atoms with Crippen molar-refractivity contribution in [3.63, 3.8) is 0 Å². The van der Waals surface area contributed by atoms with Gasteiger partial charge in [0.15, 0.2) is 0 Å². The minimum atomic E-state index is -0.498. The molecule has 1 fully saturated rings. The number of nitrogens with one attached hydrogen (secondary N) is 1. The summed E-state index contributed by atoms with van der Waals surface area (Å²) in [6, 6.07) is 13.2. The van der Waals surface area contributed by atoms with Crippen LogP contribution in [0.1, 0.15) is 29.3 Å². The minimum Gasteiger partial charge on any atom is -0.368 e. The number of carbonyl (C=O) groups is 2. The van der Waals surface area contributed by atoms with E-state index in [9.17, 15) is 14.0 Å². The highest BCUT2D eigenvalue weighted by Crippen LogP contribution is 2.22. The number of nitrogens with zero attached hydrogens (tertiary/aromatic N) is 4. The number of hydrogen-bond acceptors (Lipinski definition) is 5. The zero-order valence-corrected chi connectivity index (χ0v) is 21.2. The molecule has 4 rings (SSSR count). The number of anilines is 2. The minimum absolute atomic E-state index is 0.120. The fourth-order valence-corrected chi connectivity index (χ4v) is 4.82. The van der Waals surface area contributed by atoms with Gasteiger partial charge in [0.05, 0.1) is 12.2 Å². The van der Waals surface area contributed by atoms with Crippen LogP contribution in [0.2, 0.25) is 5.02 Å². The second-order valence-corrected chi connectivity index (χ2v) is 9.90. The summed E-state index contributed by atoms with van der Waals surface area (Å²) >= 11 is 7.44. The van der Waals surface area contributed by atoms with Crippen LogP contribution >= 0.6 is 22.9 Å². The van der Waals surface area contributed by atoms with Crippen LogP contribution in [0.4, 0.5) is 20.6 Å². The van der Waals surface area contributed by atoms with Crippen molar-refractivity contribution < 1.29 is 14.0 Å². The smallest absolute Gasteiger partial charge is 0.322 e. The van der Waals surface area contributed by atoms with Gasteiger partial charge in [-0.15, -0.1) is 11.3 Å². The van der Waals surface area contributed by atoms with Gasteiger partial charge in [0.25, 0.3) is 5.91 Å². The van der Waals surface area contributed by atoms with Crippen molar-refractivity contribution in [1.82, 2.24) is 14.8 Å². The highest BCUT2D eigenvalue weighted by Gasteiger charge is 2.25. The van der Waals surface area contributed by atoms with Crippen molar-refractivity contribution in [3.05, 3.63) is 75.5 Å². The summed E-state index contributed by atoms with van der Waals surface area (Å²) in [5.41, 5.74) is 1.54. The van der Waals surface area contributed by atoms with Gasteiger partial charge >= 0.3 is 6.03 Å². The van der Waals surface area contributed by atoms with Crippen molar-refractivity contribution in [1.29, 1.82) is 0 Å². The molecule has 10 heteroatoms. The highest BCUT2D eigenvalue weighted by molar-refractivity contribution is 7.09. The van der Waals surface area contributed by atoms with E-state index in [4.69, 9.17) is 11.6 Å². The predicted molar refractivity (Wildman–Crippen MR) is 138 cm³/mol. The molecule has 1 aliphatic rings. The SMILES string of the molecule is CC(C)N(Cc1nc(C(=O)N2CCN(c3cccc(Cl)c3)CC2)cs1)C(=O)Nc1ccccc1F. The molecule has 3 aromatic rings. The zero-order chi connectivity index (χ0) is 24.9. The zero-order valence-electron chi connectivity index (χ0n) is 19.6. The van der Waals surface area contributed by atoms with E-state index in [0.29, 0.717) is 41.9 Å². The molecule has 1 N–H and O–H groups in total. The Hall–Kier alpha value is -3.17. The molecule has 1 aliphatic heterocycles. The molecule has 1 aromatic heterocycles. The maximum atomic E-state index is 14.0. The van der Waals surface area contributed by atoms with Gasteiger partial charge in [-0.2, -0.15) is 0 Å². The Morgan fingerprint density at radius 1 is 1.14 bits per heavy atom. The third-order valence-electron chi connectivity index (χ3n) is 5.82. The number of para-hydroxylation sites is 1. The molecule has 0 unspecified atom stereocenters. The first-order chi connectivity index (χ1) is 16.8. The van der Waals surface area contributed by atoms with Crippen molar-refractivity contribution >= 4 is 46.3 Å². The number of urea groups is 1. The maximum absolute atomic E-state index is 14.0. The summed E-state index contributed by atoms with van der Waals surface area (Å²) < 4.78 is 14.0. The molecule has 35 heavy (non-hydrogen) atoms. The van der Waals surface area contributed by atoms with Crippen molar-refractivity contribution in [2.24, 2.45) is 0 Å². The Kier molecular flexibility index (Phi) is 7.87. The van der Waals surface area contributed by atoms with Gasteiger partial charge in [0, 0.05) is 48.3 Å². The Balaban J connectivity index is 1.36. The molecular formula is C25H27ClFN5O2S. The molecule has 7 nitrogen and oxygen atoms in total. The Morgan fingerprint density at radius 3 is 2.57 bits per heavy atom. The van der Waals surface area contributed by atoms with Gasteiger partial charge < -0.3 is 20.0 Å². The molecule has 1 saturated heterocycles. The lowest BCUT2D eigenvalue weighted by molar-refractivity contribution is 0.0741. The van der Waals surface area contributed by atoms with Gasteiger partial charge in [0.2, 0.25) is 0 Å². The number of piperazine rings is 1. The van der Waals surface area contributed by atoms with Crippen LogP contribution in [0.3, 0.4) is 0 Å². The first kappa shape index (κ1) is 24.9. The molecular weight excluding hydrogens is 489 g/mol. The fourth-order valence-electron chi connectivity index (χ4n) is 3.87. The van der Waals surface area contributed by atoms with Gasteiger partial charge in [-0.25, -0.2) is 14.2 Å². The van der Waals surface area contributed by atoms with E-state index in [1.165, 1.54) is 23.5 Å². The average Bonchev–Trinajstić information content (AvgIpc) is 3.32. The molecule has 184 valence electrons. The lowest BCUT2D eigenvalue weighted by Gasteiger charge is -2.35. The normalized spacial score (nSPS) is 13.7. The maximum Gasteiger partial charge on any atom is 0.322 e. The summed E-state index contributed by atoms with van der Waals surface area (Å²) in [5.74, 6) is -0.618. The molecule has 0 atom stereocenters. The summed E-state index contributed by atoms with van der Waals surface area (Å²) in [5, 5.41) is 5.68. The summed E-state index contributed by atoms with van der Waals surface area (Å²) in [7, 11) is 0. The van der Waals surface area contributed by atoms with Crippen LogP contribution in [-0.2, 0) is 6.54 Å². The first-order valence-electron chi connectivity index (χ1n) is 11.4. The Labute approximate surface area is 213 Å². The van der Waals surface area contributed by atoms with E-state index in [2.05, 4.69) is 15.2 Å². The molecule has 0 spiro atoms. The lowest BCUT2D eigenvalue weighted by Crippen LogP contribution is -2.48. The number of halogens is 2. The first-order valence-corrected chi connectivity index (χ1v) is 12.6. The number of carbonyl (C=O) groups excluding carboxylic acids is 2. The quantitative estimate of drug-likeness (QED) is 0.481. The van der Waals surface area contributed by atoms with Crippen molar-refractivity contribution in [2.45, 2.75) is 26.4 Å². The Morgan fingerprint density at radius 2 is 1.89 bits per heavy atom. The van der Waals surface area contributed by atoms with E-state index >= 15 is 0 Å². The van der Waals surface area contributed by atoms with Crippen LogP contribution in [0, 0.1) is 5.82 Å². The second-order valence-electron chi connectivity index (χ2n) is 8.52. The fraction of sp³-hybridized carbons (Fsp3) is 0.320. The van der Waals surface area contributed by atoms with Crippen LogP contribution < -0.4 is 10.2 Å². The van der Waals surface area contributed by atoms with Crippen molar-refractivity contribution in [2.75, 3.05) is 36.4 Å². The van der Waals surface area contributed by atoms with E-state index in [1.807, 2.05) is 38.1 Å². The molecule has 0 radical (unpaired) electrons. The molecule has 0 bridgehead atoms. The number of hydrogen-bond donors (Lipinski definition) is 1. The number of amides is 3. The van der Waals surface area contributed by atoms with E-state index in [0.717, 1.165) is 5.69 Å². The molecule has 0 aliphatic carbocycles. The number of aromatic nitrogens is 1. The lowest BCUT2D eigenvalue weighted by atomic mass is 10.2. The summed E-state index contributed by atoms with van der Waals surface area (Å²) in [4.78, 5) is 35.9. The number of rotatable bonds is 6. The van der Waals surface area contributed by atoms with E-state index in [1.54, 1.807) is 27.3 Å². The van der Waals surface area contributed by atoms with Crippen molar-refractivity contribution in [3.8, 4) is 0 Å². The molecule has 2 heterocycles. The molecule has 3 amide bonds. The largest absolute Gasteiger partial charge is 0.368 e. The highest BCUT2D eigenvalue weighted by atomic mass is 35.5. The molecule has 0 saturated carbocycles. The van der Waals surface area contributed by atoms with Gasteiger partial charge in [-0.05, 0) is 44.2 Å². The van der Waals surface area contributed by atoms with E-state index in [-0.39, 0.29) is 24.2 Å². The van der Waals surface area contributed by atoms with Crippen LogP contribution in [0.15, 0.2) is 53.9 Å². The third-order valence-corrected chi connectivity index (χ3v) is 6.89. The monoisotopic (exact) mass is 515 g/mol.